The molecule has 128 valence electrons. The molecule has 0 saturated heterocycles. The first-order valence-corrected chi connectivity index (χ1v) is 8.63. The zero-order chi connectivity index (χ0) is 17.4. The molecule has 0 unspecified atom stereocenters. The maximum Gasteiger partial charge on any atom is 0.220 e. The number of aryl methyl sites for hydroxylation is 4. The van der Waals surface area contributed by atoms with E-state index in [-0.39, 0.29) is 5.91 Å². The van der Waals surface area contributed by atoms with Gasteiger partial charge in [-0.05, 0) is 55.0 Å². The molecule has 0 radical (unpaired) electrons. The Bertz CT molecular complexity index is 662. The molecule has 0 atom stereocenters. The highest BCUT2D eigenvalue weighted by Gasteiger charge is 2.03. The summed E-state index contributed by atoms with van der Waals surface area (Å²) in [6, 6.07) is 14.6. The lowest BCUT2D eigenvalue weighted by molar-refractivity contribution is -0.121. The molecule has 2 aromatic rings. The van der Waals surface area contributed by atoms with Gasteiger partial charge in [0.15, 0.2) is 0 Å². The standard InChI is InChI=1S/C21H27NO2/c1-4-18-7-9-19(10-8-18)11-12-21(23)22-13-14-24-20-15-16(2)5-6-17(20)3/h5-10,15H,4,11-14H2,1-3H3,(H,22,23). The van der Waals surface area contributed by atoms with Gasteiger partial charge in [-0.25, -0.2) is 0 Å². The molecule has 2 aromatic carbocycles. The molecule has 0 aliphatic carbocycles. The van der Waals surface area contributed by atoms with Gasteiger partial charge >= 0.3 is 0 Å². The number of nitrogens with one attached hydrogen (secondary N) is 1. The monoisotopic (exact) mass is 325 g/mol. The van der Waals surface area contributed by atoms with E-state index in [2.05, 4.69) is 42.6 Å². The smallest absolute Gasteiger partial charge is 0.220 e. The van der Waals surface area contributed by atoms with E-state index >= 15 is 0 Å². The summed E-state index contributed by atoms with van der Waals surface area (Å²) in [5.74, 6) is 0.958. The molecule has 0 aliphatic rings. The largest absolute Gasteiger partial charge is 0.491 e. The Kier molecular flexibility index (Phi) is 6.86. The van der Waals surface area contributed by atoms with Crippen LogP contribution in [-0.4, -0.2) is 19.1 Å². The minimum Gasteiger partial charge on any atom is -0.491 e. The van der Waals surface area contributed by atoms with Crippen LogP contribution in [0.4, 0.5) is 0 Å². The Morgan fingerprint density at radius 3 is 2.46 bits per heavy atom. The van der Waals surface area contributed by atoms with Gasteiger partial charge in [0.2, 0.25) is 5.91 Å². The number of carbonyl (C=O) groups is 1. The first-order chi connectivity index (χ1) is 11.6. The van der Waals surface area contributed by atoms with Crippen molar-refractivity contribution in [1.82, 2.24) is 5.32 Å². The lowest BCUT2D eigenvalue weighted by atomic mass is 10.1. The van der Waals surface area contributed by atoms with Crippen molar-refractivity contribution in [2.45, 2.75) is 40.0 Å². The molecule has 0 saturated carbocycles. The summed E-state index contributed by atoms with van der Waals surface area (Å²) in [7, 11) is 0. The summed E-state index contributed by atoms with van der Waals surface area (Å²) in [5, 5.41) is 2.92. The molecule has 0 spiro atoms. The van der Waals surface area contributed by atoms with E-state index in [1.807, 2.05) is 26.0 Å². The van der Waals surface area contributed by atoms with Crippen LogP contribution in [-0.2, 0) is 17.6 Å². The zero-order valence-electron chi connectivity index (χ0n) is 14.9. The fraction of sp³-hybridized carbons (Fsp3) is 0.381. The molecule has 24 heavy (non-hydrogen) atoms. The Balaban J connectivity index is 1.66. The van der Waals surface area contributed by atoms with E-state index in [0.717, 1.165) is 24.2 Å². The summed E-state index contributed by atoms with van der Waals surface area (Å²) in [6.45, 7) is 7.23. The van der Waals surface area contributed by atoms with Gasteiger partial charge in [0, 0.05) is 6.42 Å². The van der Waals surface area contributed by atoms with Crippen molar-refractivity contribution in [3.63, 3.8) is 0 Å². The van der Waals surface area contributed by atoms with Crippen LogP contribution in [0.2, 0.25) is 0 Å². The van der Waals surface area contributed by atoms with Crippen LogP contribution in [0.5, 0.6) is 5.75 Å². The third kappa shape index (κ3) is 5.73. The highest BCUT2D eigenvalue weighted by molar-refractivity contribution is 5.76. The number of hydrogen-bond donors (Lipinski definition) is 1. The van der Waals surface area contributed by atoms with Crippen molar-refractivity contribution in [2.24, 2.45) is 0 Å². The van der Waals surface area contributed by atoms with Crippen molar-refractivity contribution >= 4 is 5.91 Å². The fourth-order valence-corrected chi connectivity index (χ4v) is 2.50. The molecule has 0 aliphatic heterocycles. The lowest BCUT2D eigenvalue weighted by Crippen LogP contribution is -2.28. The van der Waals surface area contributed by atoms with Crippen molar-refractivity contribution in [3.05, 3.63) is 64.7 Å². The average Bonchev–Trinajstić information content (AvgIpc) is 2.60. The average molecular weight is 325 g/mol. The van der Waals surface area contributed by atoms with Crippen molar-refractivity contribution in [2.75, 3.05) is 13.2 Å². The van der Waals surface area contributed by atoms with Crippen molar-refractivity contribution < 1.29 is 9.53 Å². The van der Waals surface area contributed by atoms with E-state index in [0.29, 0.717) is 19.6 Å². The third-order valence-corrected chi connectivity index (χ3v) is 4.10. The van der Waals surface area contributed by atoms with E-state index in [1.165, 1.54) is 16.7 Å². The third-order valence-electron chi connectivity index (χ3n) is 4.10. The summed E-state index contributed by atoms with van der Waals surface area (Å²) in [5.41, 5.74) is 4.82. The molecule has 3 nitrogen and oxygen atoms in total. The molecule has 2 rings (SSSR count). The molecule has 1 amide bonds. The number of amides is 1. The van der Waals surface area contributed by atoms with Crippen LogP contribution in [0.1, 0.15) is 35.6 Å². The summed E-state index contributed by atoms with van der Waals surface area (Å²) in [6.07, 6.45) is 2.32. The van der Waals surface area contributed by atoms with Crippen LogP contribution in [0.25, 0.3) is 0 Å². The molecule has 1 N–H and O–H groups in total. The first-order valence-electron chi connectivity index (χ1n) is 8.63. The van der Waals surface area contributed by atoms with E-state index in [9.17, 15) is 4.79 Å². The summed E-state index contributed by atoms with van der Waals surface area (Å²) < 4.78 is 5.74. The van der Waals surface area contributed by atoms with Gasteiger partial charge in [0.1, 0.15) is 12.4 Å². The second-order valence-electron chi connectivity index (χ2n) is 6.14. The Morgan fingerprint density at radius 1 is 1.04 bits per heavy atom. The first kappa shape index (κ1) is 18.1. The number of benzene rings is 2. The molecular weight excluding hydrogens is 298 g/mol. The SMILES string of the molecule is CCc1ccc(CCC(=O)NCCOc2cc(C)ccc2C)cc1. The van der Waals surface area contributed by atoms with Gasteiger partial charge in [-0.15, -0.1) is 0 Å². The molecule has 0 heterocycles. The van der Waals surface area contributed by atoms with Gasteiger partial charge in [-0.2, -0.15) is 0 Å². The van der Waals surface area contributed by atoms with E-state index in [1.54, 1.807) is 0 Å². The van der Waals surface area contributed by atoms with Crippen LogP contribution in [0.15, 0.2) is 42.5 Å². The van der Waals surface area contributed by atoms with Crippen molar-refractivity contribution in [3.8, 4) is 5.75 Å². The van der Waals surface area contributed by atoms with E-state index < -0.39 is 0 Å². The Morgan fingerprint density at radius 2 is 1.75 bits per heavy atom. The molecular formula is C21H27NO2. The predicted molar refractivity (Wildman–Crippen MR) is 98.6 cm³/mol. The molecule has 0 fully saturated rings. The minimum atomic E-state index is 0.0686. The Hall–Kier alpha value is -2.29. The van der Waals surface area contributed by atoms with Gasteiger partial charge < -0.3 is 10.1 Å². The topological polar surface area (TPSA) is 38.3 Å². The summed E-state index contributed by atoms with van der Waals surface area (Å²) >= 11 is 0. The fourth-order valence-electron chi connectivity index (χ4n) is 2.50. The number of hydrogen-bond acceptors (Lipinski definition) is 2. The van der Waals surface area contributed by atoms with E-state index in [4.69, 9.17) is 4.74 Å². The van der Waals surface area contributed by atoms with Crippen LogP contribution in [0, 0.1) is 13.8 Å². The van der Waals surface area contributed by atoms with Gasteiger partial charge in [-0.1, -0.05) is 43.3 Å². The molecule has 0 aromatic heterocycles. The molecule has 3 heteroatoms. The van der Waals surface area contributed by atoms with Gasteiger partial charge in [0.05, 0.1) is 6.54 Å². The Labute approximate surface area is 145 Å². The maximum absolute atomic E-state index is 11.9. The zero-order valence-corrected chi connectivity index (χ0v) is 14.9. The predicted octanol–water partition coefficient (Wildman–Crippen LogP) is 3.99. The highest BCUT2D eigenvalue weighted by atomic mass is 16.5. The second kappa shape index (κ2) is 9.11. The molecule has 0 bridgehead atoms. The maximum atomic E-state index is 11.9. The highest BCUT2D eigenvalue weighted by Crippen LogP contribution is 2.18. The number of ether oxygens (including phenoxy) is 1. The van der Waals surface area contributed by atoms with Gasteiger partial charge in [0.25, 0.3) is 0 Å². The van der Waals surface area contributed by atoms with Crippen LogP contribution in [0.3, 0.4) is 0 Å². The lowest BCUT2D eigenvalue weighted by Gasteiger charge is -2.11. The minimum absolute atomic E-state index is 0.0686. The van der Waals surface area contributed by atoms with Crippen molar-refractivity contribution in [1.29, 1.82) is 0 Å². The number of carbonyl (C=O) groups excluding carboxylic acids is 1. The normalized spacial score (nSPS) is 10.5. The van der Waals surface area contributed by atoms with Gasteiger partial charge in [-0.3, -0.25) is 4.79 Å². The second-order valence-corrected chi connectivity index (χ2v) is 6.14. The quantitative estimate of drug-likeness (QED) is 0.745. The van der Waals surface area contributed by atoms with Crippen LogP contribution >= 0.6 is 0 Å². The summed E-state index contributed by atoms with van der Waals surface area (Å²) in [4.78, 5) is 11.9. The number of rotatable bonds is 8. The van der Waals surface area contributed by atoms with Crippen LogP contribution < -0.4 is 10.1 Å².